The number of Topliss-reactive ketones (excluding diaryl/α,β-unsaturated/α-hetero) is 1. The molecule has 0 saturated carbocycles. The van der Waals surface area contributed by atoms with Crippen LogP contribution in [0.25, 0.3) is 21.7 Å². The number of benzene rings is 2. The number of aliphatic hydroxyl groups excluding tert-OH is 4. The van der Waals surface area contributed by atoms with Crippen LogP contribution in [0.4, 0.5) is 0 Å². The van der Waals surface area contributed by atoms with Gasteiger partial charge in [-0.05, 0) is 25.1 Å². The number of ether oxygens (including phenoxy) is 4. The van der Waals surface area contributed by atoms with E-state index in [-0.39, 0.29) is 34.9 Å². The number of fused-ring (bicyclic) bond motifs is 5. The molecule has 3 heterocycles. The van der Waals surface area contributed by atoms with E-state index in [0.29, 0.717) is 22.3 Å². The number of carbonyl (C=O) groups is 1. The summed E-state index contributed by atoms with van der Waals surface area (Å²) >= 11 is 0. The summed E-state index contributed by atoms with van der Waals surface area (Å²) in [5.74, 6) is 0.358. The van der Waals surface area contributed by atoms with Gasteiger partial charge in [-0.15, -0.1) is 0 Å². The zero-order valence-electron chi connectivity index (χ0n) is 17.3. The number of ketones is 1. The van der Waals surface area contributed by atoms with Crippen molar-refractivity contribution in [3.63, 3.8) is 0 Å². The molecule has 11 nitrogen and oxygen atoms in total. The molecular formula is C22H20O11. The van der Waals surface area contributed by atoms with Gasteiger partial charge in [-0.25, -0.2) is 4.79 Å². The third-order valence-corrected chi connectivity index (χ3v) is 5.77. The van der Waals surface area contributed by atoms with E-state index < -0.39 is 42.9 Å². The molecule has 2 aromatic carbocycles. The van der Waals surface area contributed by atoms with E-state index in [1.165, 1.54) is 25.1 Å². The first-order chi connectivity index (χ1) is 15.8. The second kappa shape index (κ2) is 7.97. The van der Waals surface area contributed by atoms with Crippen molar-refractivity contribution in [3.05, 3.63) is 40.2 Å². The molecule has 174 valence electrons. The zero-order valence-corrected chi connectivity index (χ0v) is 17.3. The number of carbonyl (C=O) groups excluding carboxylic acids is 1. The first kappa shape index (κ1) is 21.6. The molecule has 0 aliphatic carbocycles. The maximum absolute atomic E-state index is 12.6. The highest BCUT2D eigenvalue weighted by atomic mass is 16.7. The summed E-state index contributed by atoms with van der Waals surface area (Å²) in [6.07, 6.45) is -7.51. The zero-order chi connectivity index (χ0) is 23.4. The normalized spacial score (nSPS) is 26.6. The van der Waals surface area contributed by atoms with Gasteiger partial charge in [0.05, 0.1) is 12.0 Å². The SMILES string of the molecule is CC(=O)c1cc(O[C@@H]2O[C@H](CO)[C@@H](O)[C@H](O)[C@H]2O)cc2oc(=O)c3ccc4c(c3c12)OCO4. The van der Waals surface area contributed by atoms with Crippen LogP contribution < -0.4 is 19.8 Å². The summed E-state index contributed by atoms with van der Waals surface area (Å²) < 4.78 is 27.4. The predicted octanol–water partition coefficient (Wildman–Crippen LogP) is 0.0562. The molecular weight excluding hydrogens is 440 g/mol. The molecule has 0 bridgehead atoms. The molecule has 1 aromatic heterocycles. The van der Waals surface area contributed by atoms with Crippen LogP contribution in [0, 0.1) is 0 Å². The highest BCUT2D eigenvalue weighted by molar-refractivity contribution is 6.18. The molecule has 4 N–H and O–H groups in total. The molecule has 0 unspecified atom stereocenters. The molecule has 2 aliphatic rings. The fourth-order valence-electron chi connectivity index (χ4n) is 4.12. The predicted molar refractivity (Wildman–Crippen MR) is 111 cm³/mol. The van der Waals surface area contributed by atoms with E-state index in [0.717, 1.165) is 0 Å². The van der Waals surface area contributed by atoms with E-state index in [1.54, 1.807) is 6.07 Å². The van der Waals surface area contributed by atoms with Crippen LogP contribution in [0.2, 0.25) is 0 Å². The Morgan fingerprint density at radius 1 is 1.09 bits per heavy atom. The van der Waals surface area contributed by atoms with Gasteiger partial charge >= 0.3 is 5.63 Å². The molecule has 5 atom stereocenters. The maximum Gasteiger partial charge on any atom is 0.344 e. The molecule has 3 aromatic rings. The van der Waals surface area contributed by atoms with Gasteiger partial charge < -0.3 is 43.8 Å². The van der Waals surface area contributed by atoms with Crippen LogP contribution >= 0.6 is 0 Å². The second-order valence-corrected chi connectivity index (χ2v) is 7.83. The Morgan fingerprint density at radius 2 is 1.88 bits per heavy atom. The largest absolute Gasteiger partial charge is 0.462 e. The van der Waals surface area contributed by atoms with Crippen molar-refractivity contribution in [1.82, 2.24) is 0 Å². The molecule has 1 fully saturated rings. The first-order valence-corrected chi connectivity index (χ1v) is 10.1. The van der Waals surface area contributed by atoms with Gasteiger partial charge in [0.15, 0.2) is 17.3 Å². The molecule has 1 saturated heterocycles. The Labute approximate surface area is 185 Å². The topological polar surface area (TPSA) is 165 Å². The summed E-state index contributed by atoms with van der Waals surface area (Å²) in [7, 11) is 0. The van der Waals surface area contributed by atoms with Crippen molar-refractivity contribution >= 4 is 27.5 Å². The number of aliphatic hydroxyl groups is 4. The van der Waals surface area contributed by atoms with Gasteiger partial charge in [-0.3, -0.25) is 4.79 Å². The fourth-order valence-corrected chi connectivity index (χ4v) is 4.12. The Balaban J connectivity index is 1.66. The van der Waals surface area contributed by atoms with Gasteiger partial charge in [0, 0.05) is 22.4 Å². The minimum Gasteiger partial charge on any atom is -0.462 e. The Bertz CT molecular complexity index is 1310. The van der Waals surface area contributed by atoms with Crippen molar-refractivity contribution in [2.45, 2.75) is 37.6 Å². The average molecular weight is 460 g/mol. The highest BCUT2D eigenvalue weighted by Gasteiger charge is 2.44. The third-order valence-electron chi connectivity index (χ3n) is 5.77. The second-order valence-electron chi connectivity index (χ2n) is 7.83. The lowest BCUT2D eigenvalue weighted by Crippen LogP contribution is -2.60. The van der Waals surface area contributed by atoms with Crippen LogP contribution in [-0.2, 0) is 4.74 Å². The lowest BCUT2D eigenvalue weighted by Gasteiger charge is -2.39. The van der Waals surface area contributed by atoms with E-state index in [4.69, 9.17) is 23.4 Å². The van der Waals surface area contributed by atoms with Crippen molar-refractivity contribution in [1.29, 1.82) is 0 Å². The Hall–Kier alpha value is -3.22. The smallest absolute Gasteiger partial charge is 0.344 e. The molecule has 0 amide bonds. The van der Waals surface area contributed by atoms with Crippen molar-refractivity contribution in [2.75, 3.05) is 13.4 Å². The van der Waals surface area contributed by atoms with Crippen LogP contribution in [0.1, 0.15) is 17.3 Å². The summed E-state index contributed by atoms with van der Waals surface area (Å²) in [6.45, 7) is 0.656. The third kappa shape index (κ3) is 3.41. The molecule has 0 radical (unpaired) electrons. The van der Waals surface area contributed by atoms with E-state index in [1.807, 2.05) is 0 Å². The minimum absolute atomic E-state index is 0.00993. The van der Waals surface area contributed by atoms with E-state index in [2.05, 4.69) is 0 Å². The molecule has 33 heavy (non-hydrogen) atoms. The summed E-state index contributed by atoms with van der Waals surface area (Å²) in [6, 6.07) is 5.81. The molecule has 2 aliphatic heterocycles. The van der Waals surface area contributed by atoms with Crippen molar-refractivity contribution < 1.29 is 48.6 Å². The van der Waals surface area contributed by atoms with Crippen LogP contribution in [0.15, 0.2) is 33.5 Å². The summed E-state index contributed by atoms with van der Waals surface area (Å²) in [5, 5.41) is 40.4. The maximum atomic E-state index is 12.6. The lowest BCUT2D eigenvalue weighted by molar-refractivity contribution is -0.277. The van der Waals surface area contributed by atoms with E-state index in [9.17, 15) is 30.0 Å². The highest BCUT2D eigenvalue weighted by Crippen LogP contribution is 2.43. The molecule has 0 spiro atoms. The summed E-state index contributed by atoms with van der Waals surface area (Å²) in [5.41, 5.74) is -0.510. The van der Waals surface area contributed by atoms with E-state index >= 15 is 0 Å². The number of hydrogen-bond acceptors (Lipinski definition) is 11. The van der Waals surface area contributed by atoms with Crippen LogP contribution in [0.3, 0.4) is 0 Å². The van der Waals surface area contributed by atoms with Gasteiger partial charge in [-0.1, -0.05) is 0 Å². The quantitative estimate of drug-likeness (QED) is 0.236. The first-order valence-electron chi connectivity index (χ1n) is 10.1. The monoisotopic (exact) mass is 460 g/mol. The van der Waals surface area contributed by atoms with Gasteiger partial charge in [0.2, 0.25) is 13.1 Å². The van der Waals surface area contributed by atoms with Gasteiger partial charge in [-0.2, -0.15) is 0 Å². The minimum atomic E-state index is -1.66. The Morgan fingerprint density at radius 3 is 2.61 bits per heavy atom. The van der Waals surface area contributed by atoms with Crippen LogP contribution in [0.5, 0.6) is 17.2 Å². The molecule has 11 heteroatoms. The number of rotatable bonds is 4. The average Bonchev–Trinajstić information content (AvgIpc) is 3.28. The Kier molecular flexibility index (Phi) is 5.22. The van der Waals surface area contributed by atoms with Gasteiger partial charge in [0.25, 0.3) is 0 Å². The van der Waals surface area contributed by atoms with Crippen molar-refractivity contribution in [3.8, 4) is 17.2 Å². The van der Waals surface area contributed by atoms with Gasteiger partial charge in [0.1, 0.15) is 35.7 Å². The van der Waals surface area contributed by atoms with Crippen molar-refractivity contribution in [2.24, 2.45) is 0 Å². The fraction of sp³-hybridized carbons (Fsp3) is 0.364. The molecule has 5 rings (SSSR count). The lowest BCUT2D eigenvalue weighted by atomic mass is 9.98. The standard InChI is InChI=1S/C22H20O11/c1-8(24)11-4-9(31-22-19(27)18(26)17(25)14(6-23)33-22)5-13-15(11)16-10(21(28)32-13)2-3-12-20(16)30-7-29-12/h2-5,14,17-19,22-23,25-27H,6-7H2,1H3/t14-,17-,18+,19-,22-/m1/s1. The van der Waals surface area contributed by atoms with Crippen LogP contribution in [-0.4, -0.2) is 70.3 Å². The summed E-state index contributed by atoms with van der Waals surface area (Å²) in [4.78, 5) is 25.2. The number of hydrogen-bond donors (Lipinski definition) is 4.